The van der Waals surface area contributed by atoms with Crippen molar-refractivity contribution in [1.29, 1.82) is 0 Å². The number of halogens is 17. The van der Waals surface area contributed by atoms with Gasteiger partial charge in [-0.2, -0.15) is 52.7 Å². The molecule has 3 rings (SSSR count). The molecule has 17 heteroatoms. The average molecular weight is 677 g/mol. The summed E-state index contributed by atoms with van der Waals surface area (Å²) in [6.07, 6.45) is -21.6. The highest BCUT2D eigenvalue weighted by atomic mass is 35.5. The Hall–Kier alpha value is -1.47. The molecule has 1 aliphatic carbocycles. The molecule has 0 N–H and O–H groups in total. The van der Waals surface area contributed by atoms with E-state index in [2.05, 4.69) is 0 Å². The van der Waals surface area contributed by atoms with E-state index in [1.54, 1.807) is 0 Å². The standard InChI is InChI=1S/C22H7Cl5F12/c23-14-13(7-1-9(19(28,29)30)5-10(2-7)20(31,32)33)18(27,17(26)16(25)15(14)24)8-3-11(21(34,35)36)6-12(4-8)22(37,38)39/h1-6,13H. The van der Waals surface area contributed by atoms with Crippen molar-refractivity contribution in [3.63, 3.8) is 0 Å². The summed E-state index contributed by atoms with van der Waals surface area (Å²) in [6.45, 7) is 0. The van der Waals surface area contributed by atoms with Gasteiger partial charge in [-0.3, -0.25) is 0 Å². The lowest BCUT2D eigenvalue weighted by molar-refractivity contribution is -0.144. The molecular weight excluding hydrogens is 669 g/mol. The molecule has 0 spiro atoms. The molecule has 2 atom stereocenters. The minimum absolute atomic E-state index is 0.0868. The van der Waals surface area contributed by atoms with Gasteiger partial charge >= 0.3 is 24.7 Å². The lowest BCUT2D eigenvalue weighted by atomic mass is 9.76. The Bertz CT molecular complexity index is 1300. The van der Waals surface area contributed by atoms with E-state index in [1.165, 1.54) is 0 Å². The van der Waals surface area contributed by atoms with Crippen LogP contribution in [0.2, 0.25) is 0 Å². The zero-order valence-corrected chi connectivity index (χ0v) is 21.7. The summed E-state index contributed by atoms with van der Waals surface area (Å²) in [5, 5.41) is -3.50. The molecule has 0 bridgehead atoms. The highest BCUT2D eigenvalue weighted by Gasteiger charge is 2.52. The van der Waals surface area contributed by atoms with E-state index < -0.39 is 89.0 Å². The molecule has 1 aliphatic rings. The van der Waals surface area contributed by atoms with Gasteiger partial charge in [0.25, 0.3) is 0 Å². The first-order chi connectivity index (χ1) is 17.4. The summed E-state index contributed by atoms with van der Waals surface area (Å²) in [6, 6.07) is -0.112. The van der Waals surface area contributed by atoms with Crippen LogP contribution < -0.4 is 0 Å². The average Bonchev–Trinajstić information content (AvgIpc) is 2.79. The topological polar surface area (TPSA) is 0 Å². The van der Waals surface area contributed by atoms with Crippen LogP contribution in [0.25, 0.3) is 0 Å². The highest BCUT2D eigenvalue weighted by Crippen LogP contribution is 2.61. The third kappa shape index (κ3) is 6.10. The minimum Gasteiger partial charge on any atom is -0.166 e. The Morgan fingerprint density at radius 1 is 0.513 bits per heavy atom. The maximum Gasteiger partial charge on any atom is 0.416 e. The molecule has 0 saturated heterocycles. The minimum atomic E-state index is -5.41. The predicted molar refractivity (Wildman–Crippen MR) is 121 cm³/mol. The van der Waals surface area contributed by atoms with Crippen molar-refractivity contribution in [3.8, 4) is 0 Å². The molecule has 0 heterocycles. The van der Waals surface area contributed by atoms with Crippen molar-refractivity contribution in [1.82, 2.24) is 0 Å². The van der Waals surface area contributed by atoms with Crippen LogP contribution in [-0.4, -0.2) is 0 Å². The van der Waals surface area contributed by atoms with Crippen molar-refractivity contribution >= 4 is 58.0 Å². The van der Waals surface area contributed by atoms with E-state index in [0.717, 1.165) is 0 Å². The van der Waals surface area contributed by atoms with Gasteiger partial charge in [0.1, 0.15) is 4.87 Å². The highest BCUT2D eigenvalue weighted by molar-refractivity contribution is 6.54. The summed E-state index contributed by atoms with van der Waals surface area (Å²) >= 11 is 30.7. The molecule has 2 aromatic carbocycles. The Morgan fingerprint density at radius 2 is 0.846 bits per heavy atom. The Kier molecular flexibility index (Phi) is 8.31. The summed E-state index contributed by atoms with van der Waals surface area (Å²) in [4.78, 5) is -3.00. The largest absolute Gasteiger partial charge is 0.416 e. The maximum absolute atomic E-state index is 13.5. The van der Waals surface area contributed by atoms with Crippen molar-refractivity contribution in [2.75, 3.05) is 0 Å². The summed E-state index contributed by atoms with van der Waals surface area (Å²) < 4.78 is 162. The molecule has 0 fully saturated rings. The van der Waals surface area contributed by atoms with Gasteiger partial charge in [-0.25, -0.2) is 0 Å². The van der Waals surface area contributed by atoms with E-state index in [1.807, 2.05) is 0 Å². The molecule has 214 valence electrons. The fraction of sp³-hybridized carbons (Fsp3) is 0.273. The Morgan fingerprint density at radius 3 is 1.18 bits per heavy atom. The van der Waals surface area contributed by atoms with Crippen molar-refractivity contribution in [2.24, 2.45) is 0 Å². The normalized spacial score (nSPS) is 21.6. The second-order valence-corrected chi connectivity index (χ2v) is 10.2. The molecule has 0 amide bonds. The van der Waals surface area contributed by atoms with E-state index in [-0.39, 0.29) is 36.4 Å². The first-order valence-electron chi connectivity index (χ1n) is 9.79. The maximum atomic E-state index is 13.5. The number of benzene rings is 2. The van der Waals surface area contributed by atoms with Crippen LogP contribution in [0.4, 0.5) is 52.7 Å². The SMILES string of the molecule is FC(F)(F)c1cc(C2C(Cl)=C(Cl)C(Cl)=C(Cl)C2(Cl)c2cc(C(F)(F)F)cc(C(F)(F)F)c2)cc(C(F)(F)F)c1. The Balaban J connectivity index is 2.50. The van der Waals surface area contributed by atoms with Crippen LogP contribution in [0.5, 0.6) is 0 Å². The predicted octanol–water partition coefficient (Wildman–Crippen LogP) is 11.4. The van der Waals surface area contributed by atoms with E-state index in [4.69, 9.17) is 58.0 Å². The van der Waals surface area contributed by atoms with E-state index in [0.29, 0.717) is 0 Å². The number of hydrogen-bond donors (Lipinski definition) is 0. The van der Waals surface area contributed by atoms with Crippen LogP contribution in [-0.2, 0) is 29.6 Å². The molecule has 0 nitrogen and oxygen atoms in total. The zero-order chi connectivity index (χ0) is 30.1. The number of hydrogen-bond acceptors (Lipinski definition) is 0. The quantitative estimate of drug-likeness (QED) is 0.219. The second-order valence-electron chi connectivity index (χ2n) is 8.07. The van der Waals surface area contributed by atoms with Gasteiger partial charge in [-0.15, -0.1) is 11.6 Å². The van der Waals surface area contributed by atoms with Crippen molar-refractivity contribution in [3.05, 3.63) is 89.9 Å². The lowest BCUT2D eigenvalue weighted by Crippen LogP contribution is -2.33. The molecular formula is C22H7Cl5F12. The summed E-state index contributed by atoms with van der Waals surface area (Å²) in [5.74, 6) is -2.28. The monoisotopic (exact) mass is 674 g/mol. The van der Waals surface area contributed by atoms with E-state index in [9.17, 15) is 52.7 Å². The number of allylic oxidation sites excluding steroid dienone is 4. The third-order valence-corrected chi connectivity index (χ3v) is 8.19. The van der Waals surface area contributed by atoms with Gasteiger partial charge in [0.2, 0.25) is 0 Å². The summed E-state index contributed by atoms with van der Waals surface area (Å²) in [5.41, 5.74) is -9.78. The molecule has 2 unspecified atom stereocenters. The van der Waals surface area contributed by atoms with Crippen molar-refractivity contribution < 1.29 is 52.7 Å². The van der Waals surface area contributed by atoms with Crippen LogP contribution >= 0.6 is 58.0 Å². The fourth-order valence-corrected chi connectivity index (χ4v) is 5.56. The number of rotatable bonds is 2. The van der Waals surface area contributed by atoms with Gasteiger partial charge in [0.05, 0.1) is 37.4 Å². The van der Waals surface area contributed by atoms with Crippen molar-refractivity contribution in [2.45, 2.75) is 35.5 Å². The van der Waals surface area contributed by atoms with Crippen LogP contribution in [0.3, 0.4) is 0 Å². The first-order valence-corrected chi connectivity index (χ1v) is 11.7. The van der Waals surface area contributed by atoms with Gasteiger partial charge in [-0.05, 0) is 47.5 Å². The third-order valence-electron chi connectivity index (χ3n) is 5.52. The van der Waals surface area contributed by atoms with Gasteiger partial charge in [-0.1, -0.05) is 46.4 Å². The molecule has 39 heavy (non-hydrogen) atoms. The summed E-state index contributed by atoms with van der Waals surface area (Å²) in [7, 11) is 0. The number of alkyl halides is 13. The first kappa shape index (κ1) is 32.0. The van der Waals surface area contributed by atoms with Gasteiger partial charge < -0.3 is 0 Å². The zero-order valence-electron chi connectivity index (χ0n) is 18.0. The molecule has 2 aromatic rings. The van der Waals surface area contributed by atoms with E-state index >= 15 is 0 Å². The molecule has 0 aromatic heterocycles. The lowest BCUT2D eigenvalue weighted by Gasteiger charge is -2.40. The van der Waals surface area contributed by atoms with Gasteiger partial charge in [0, 0.05) is 11.0 Å². The smallest absolute Gasteiger partial charge is 0.166 e. The van der Waals surface area contributed by atoms with Crippen LogP contribution in [0.1, 0.15) is 39.3 Å². The molecule has 0 saturated carbocycles. The van der Waals surface area contributed by atoms with Crippen LogP contribution in [0, 0.1) is 0 Å². The molecule has 0 radical (unpaired) electrons. The molecule has 0 aliphatic heterocycles. The fourth-order valence-electron chi connectivity index (χ4n) is 3.77. The Labute approximate surface area is 235 Å². The second kappa shape index (κ2) is 10.1. The van der Waals surface area contributed by atoms with Gasteiger partial charge in [0.15, 0.2) is 0 Å². The van der Waals surface area contributed by atoms with Crippen LogP contribution in [0.15, 0.2) is 56.5 Å².